The summed E-state index contributed by atoms with van der Waals surface area (Å²) in [7, 11) is 1.66. The van der Waals surface area contributed by atoms with Crippen LogP contribution in [0, 0.1) is 11.3 Å². The van der Waals surface area contributed by atoms with Gasteiger partial charge in [0.15, 0.2) is 11.2 Å². The van der Waals surface area contributed by atoms with Crippen molar-refractivity contribution >= 4 is 23.1 Å². The Labute approximate surface area is 220 Å². The predicted octanol–water partition coefficient (Wildman–Crippen LogP) is 3.38. The Hall–Kier alpha value is -4.10. The largest absolute Gasteiger partial charge is 0.444 e. The maximum absolute atomic E-state index is 13.1. The van der Waals surface area contributed by atoms with Crippen molar-refractivity contribution < 1.29 is 23.5 Å². The number of nitriles is 1. The van der Waals surface area contributed by atoms with Gasteiger partial charge in [-0.05, 0) is 56.5 Å². The fourth-order valence-corrected chi connectivity index (χ4v) is 4.30. The number of amides is 2. The van der Waals surface area contributed by atoms with E-state index in [1.165, 1.54) is 9.47 Å². The molecule has 10 nitrogen and oxygen atoms in total. The summed E-state index contributed by atoms with van der Waals surface area (Å²) in [6, 6.07) is 14.5. The van der Waals surface area contributed by atoms with Crippen molar-refractivity contribution in [1.29, 1.82) is 5.26 Å². The van der Waals surface area contributed by atoms with Gasteiger partial charge in [0.1, 0.15) is 11.6 Å². The summed E-state index contributed by atoms with van der Waals surface area (Å²) in [5, 5.41) is 12.5. The molecule has 4 rings (SSSR count). The highest BCUT2D eigenvalue weighted by atomic mass is 16.6. The summed E-state index contributed by atoms with van der Waals surface area (Å²) in [6.45, 7) is 7.46. The van der Waals surface area contributed by atoms with Gasteiger partial charge in [-0.1, -0.05) is 30.3 Å². The number of morpholine rings is 1. The van der Waals surface area contributed by atoms with Crippen molar-refractivity contribution in [3.8, 4) is 17.2 Å². The van der Waals surface area contributed by atoms with Crippen LogP contribution in [0.3, 0.4) is 0 Å². The number of hydrogen-bond donors (Lipinski definition) is 1. The molecule has 2 amide bonds. The maximum atomic E-state index is 13.1. The highest BCUT2D eigenvalue weighted by Crippen LogP contribution is 2.25. The molecular weight excluding hydrogens is 488 g/mol. The third-order valence-electron chi connectivity index (χ3n) is 6.39. The van der Waals surface area contributed by atoms with Crippen LogP contribution in [0.4, 0.5) is 4.79 Å². The SMILES string of the molecule is Cn1c(=O)oc2ccc(-c3ccc(C[C@@H](C#N)NC(=O)[C@@]4(C)CN(C(=O)OC(C)(C)C)CCO4)cc3)cc21. The molecule has 0 bridgehead atoms. The number of ether oxygens (including phenoxy) is 2. The van der Waals surface area contributed by atoms with Crippen LogP contribution in [0.15, 0.2) is 51.7 Å². The van der Waals surface area contributed by atoms with E-state index in [-0.39, 0.29) is 13.2 Å². The summed E-state index contributed by atoms with van der Waals surface area (Å²) >= 11 is 0. The fraction of sp³-hybridized carbons (Fsp3) is 0.429. The molecule has 3 aromatic rings. The lowest BCUT2D eigenvalue weighted by molar-refractivity contribution is -0.155. The monoisotopic (exact) mass is 520 g/mol. The van der Waals surface area contributed by atoms with Crippen molar-refractivity contribution in [2.45, 2.75) is 51.4 Å². The van der Waals surface area contributed by atoms with Gasteiger partial charge in [-0.15, -0.1) is 0 Å². The number of oxazole rings is 1. The number of nitrogens with zero attached hydrogens (tertiary/aromatic N) is 3. The fourth-order valence-electron chi connectivity index (χ4n) is 4.30. The van der Waals surface area contributed by atoms with Crippen LogP contribution in [0.25, 0.3) is 22.2 Å². The number of carbonyl (C=O) groups excluding carboxylic acids is 2. The second kappa shape index (κ2) is 10.3. The molecule has 38 heavy (non-hydrogen) atoms. The van der Waals surface area contributed by atoms with E-state index in [1.54, 1.807) is 40.8 Å². The van der Waals surface area contributed by atoms with Gasteiger partial charge in [0, 0.05) is 20.0 Å². The predicted molar refractivity (Wildman–Crippen MR) is 140 cm³/mol. The number of benzene rings is 2. The Morgan fingerprint density at radius 3 is 2.53 bits per heavy atom. The second-order valence-electron chi connectivity index (χ2n) is 10.6. The van der Waals surface area contributed by atoms with Crippen LogP contribution < -0.4 is 11.1 Å². The third-order valence-corrected chi connectivity index (χ3v) is 6.39. The van der Waals surface area contributed by atoms with Crippen LogP contribution in [0.5, 0.6) is 0 Å². The van der Waals surface area contributed by atoms with Crippen molar-refractivity contribution in [2.75, 3.05) is 19.7 Å². The highest BCUT2D eigenvalue weighted by molar-refractivity contribution is 5.86. The van der Waals surface area contributed by atoms with Gasteiger partial charge in [0.2, 0.25) is 0 Å². The van der Waals surface area contributed by atoms with Crippen LogP contribution in [-0.2, 0) is 27.7 Å². The summed E-state index contributed by atoms with van der Waals surface area (Å²) < 4.78 is 17.8. The minimum Gasteiger partial charge on any atom is -0.444 e. The first kappa shape index (κ1) is 26.9. The van der Waals surface area contributed by atoms with Gasteiger partial charge >= 0.3 is 11.8 Å². The maximum Gasteiger partial charge on any atom is 0.419 e. The average Bonchev–Trinajstić information content (AvgIpc) is 3.15. The molecule has 0 saturated carbocycles. The molecule has 1 saturated heterocycles. The molecule has 0 spiro atoms. The van der Waals surface area contributed by atoms with E-state index >= 15 is 0 Å². The van der Waals surface area contributed by atoms with Crippen molar-refractivity contribution in [3.63, 3.8) is 0 Å². The smallest absolute Gasteiger partial charge is 0.419 e. The average molecular weight is 521 g/mol. The van der Waals surface area contributed by atoms with Gasteiger partial charge < -0.3 is 24.1 Å². The van der Waals surface area contributed by atoms with Gasteiger partial charge in [-0.2, -0.15) is 5.26 Å². The molecule has 1 fully saturated rings. The number of aromatic nitrogens is 1. The molecule has 0 radical (unpaired) electrons. The van der Waals surface area contributed by atoms with Crippen LogP contribution in [-0.4, -0.2) is 58.4 Å². The third kappa shape index (κ3) is 5.89. The van der Waals surface area contributed by atoms with Crippen molar-refractivity contribution in [3.05, 3.63) is 58.6 Å². The van der Waals surface area contributed by atoms with Crippen molar-refractivity contribution in [2.24, 2.45) is 7.05 Å². The highest BCUT2D eigenvalue weighted by Gasteiger charge is 2.42. The molecule has 1 aliphatic heterocycles. The molecule has 2 aromatic carbocycles. The molecule has 1 aromatic heterocycles. The molecule has 0 aliphatic carbocycles. The first-order chi connectivity index (χ1) is 17.9. The van der Waals surface area contributed by atoms with Gasteiger partial charge in [-0.25, -0.2) is 9.59 Å². The summed E-state index contributed by atoms with van der Waals surface area (Å²) in [6.07, 6.45) is -0.213. The number of carbonyl (C=O) groups is 2. The number of rotatable bonds is 5. The van der Waals surface area contributed by atoms with Crippen molar-refractivity contribution in [1.82, 2.24) is 14.8 Å². The summed E-state index contributed by atoms with van der Waals surface area (Å²) in [4.78, 5) is 38.8. The zero-order chi connectivity index (χ0) is 27.7. The normalized spacial score (nSPS) is 18.6. The Morgan fingerprint density at radius 1 is 1.18 bits per heavy atom. The molecule has 2 heterocycles. The molecule has 0 unspecified atom stereocenters. The number of nitrogens with one attached hydrogen (secondary N) is 1. The zero-order valence-corrected chi connectivity index (χ0v) is 22.2. The first-order valence-electron chi connectivity index (χ1n) is 12.4. The van der Waals surface area contributed by atoms with Crippen LogP contribution in [0.2, 0.25) is 0 Å². The summed E-state index contributed by atoms with van der Waals surface area (Å²) in [5.41, 5.74) is 1.99. The Bertz CT molecular complexity index is 1440. The van der Waals surface area contributed by atoms with Crippen LogP contribution >= 0.6 is 0 Å². The topological polar surface area (TPSA) is 127 Å². The quantitative estimate of drug-likeness (QED) is 0.546. The van der Waals surface area contributed by atoms with E-state index in [9.17, 15) is 19.6 Å². The molecule has 200 valence electrons. The van der Waals surface area contributed by atoms with E-state index in [4.69, 9.17) is 13.9 Å². The van der Waals surface area contributed by atoms with E-state index in [1.807, 2.05) is 36.4 Å². The Balaban J connectivity index is 1.41. The lowest BCUT2D eigenvalue weighted by Gasteiger charge is -2.39. The van der Waals surface area contributed by atoms with E-state index in [2.05, 4.69) is 11.4 Å². The zero-order valence-electron chi connectivity index (χ0n) is 22.2. The van der Waals surface area contributed by atoms with E-state index < -0.39 is 35.0 Å². The Morgan fingerprint density at radius 2 is 1.87 bits per heavy atom. The molecule has 2 atom stereocenters. The minimum atomic E-state index is -1.31. The number of fused-ring (bicyclic) bond motifs is 1. The summed E-state index contributed by atoms with van der Waals surface area (Å²) in [5.74, 6) is -0.880. The number of aryl methyl sites for hydroxylation is 1. The minimum absolute atomic E-state index is 0.0210. The standard InChI is InChI=1S/C28H32N4O6/c1-27(2,3)38-26(35)32-12-13-36-28(4,17-32)24(33)30-21(16-29)14-18-6-8-19(9-7-18)20-10-11-23-22(15-20)31(5)25(34)37-23/h6-11,15,21H,12-14,17H2,1-5H3,(H,30,33)/t21-,28+/m0/s1. The lowest BCUT2D eigenvalue weighted by atomic mass is 9.99. The van der Waals surface area contributed by atoms with Gasteiger partial charge in [-0.3, -0.25) is 9.36 Å². The molecular formula is C28H32N4O6. The van der Waals surface area contributed by atoms with E-state index in [0.717, 1.165) is 16.7 Å². The van der Waals surface area contributed by atoms with Gasteiger partial charge in [0.25, 0.3) is 5.91 Å². The van der Waals surface area contributed by atoms with E-state index in [0.29, 0.717) is 24.1 Å². The van der Waals surface area contributed by atoms with Crippen LogP contribution in [0.1, 0.15) is 33.3 Å². The number of hydrogen-bond acceptors (Lipinski definition) is 7. The second-order valence-corrected chi connectivity index (χ2v) is 10.6. The molecule has 10 heteroatoms. The molecule has 1 aliphatic rings. The Kier molecular flexibility index (Phi) is 7.33. The lowest BCUT2D eigenvalue weighted by Crippen LogP contribution is -2.61. The van der Waals surface area contributed by atoms with Gasteiger partial charge in [0.05, 0.1) is 24.7 Å². The molecule has 1 N–H and O–H groups in total. The first-order valence-corrected chi connectivity index (χ1v) is 12.4.